The third-order valence-corrected chi connectivity index (χ3v) is 18.7. The SMILES string of the molecule is CC(C)=CCC[C@](C)(O[C@@H]1O[C@H](CO)[C@@H](O)[C@H](O)[C@H]1O)[C@H]1CC[C@]2(C)[C@@H]1[C@H](O)C[C@@H]1[C@@]3(C)CC[C@H](O)C(C)(C)[C@@H]3[C@@H](O[C@H]3O[C@H](CO[C@@H]4O[C@H](CO)[C@@H](O)[C@H](O)[C@H]4O)[C@@H](O)[C@H](O)[C@H]3O)C[C@]12C. The normalized spacial score (nSPS) is 52.9. The van der Waals surface area contributed by atoms with Gasteiger partial charge in [0, 0.05) is 0 Å². The van der Waals surface area contributed by atoms with E-state index in [1.165, 1.54) is 0 Å². The summed E-state index contributed by atoms with van der Waals surface area (Å²) in [6, 6.07) is 0. The van der Waals surface area contributed by atoms with Gasteiger partial charge in [0.15, 0.2) is 18.9 Å². The summed E-state index contributed by atoms with van der Waals surface area (Å²) < 4.78 is 37.1. The van der Waals surface area contributed by atoms with Gasteiger partial charge in [0.2, 0.25) is 0 Å². The first-order valence-electron chi connectivity index (χ1n) is 24.5. The highest BCUT2D eigenvalue weighted by molar-refractivity contribution is 5.22. The molecule has 0 amide bonds. The number of allylic oxidation sites excluding steroid dienone is 2. The second-order valence-corrected chi connectivity index (χ2v) is 23.1. The van der Waals surface area contributed by atoms with Crippen molar-refractivity contribution < 1.29 is 94.8 Å². The molecule has 0 bridgehead atoms. The summed E-state index contributed by atoms with van der Waals surface area (Å²) in [5.41, 5.74) is -2.41. The second kappa shape index (κ2) is 19.8. The van der Waals surface area contributed by atoms with Gasteiger partial charge in [0.25, 0.3) is 0 Å². The Balaban J connectivity index is 1.20. The molecule has 4 saturated carbocycles. The molecule has 0 aromatic rings. The van der Waals surface area contributed by atoms with Crippen LogP contribution in [0.15, 0.2) is 11.6 Å². The number of aliphatic hydroxyl groups is 13. The van der Waals surface area contributed by atoms with Crippen LogP contribution in [0.25, 0.3) is 0 Å². The summed E-state index contributed by atoms with van der Waals surface area (Å²) in [5.74, 6) is -1.11. The number of hydrogen-bond donors (Lipinski definition) is 13. The molecule has 3 heterocycles. The van der Waals surface area contributed by atoms with Crippen LogP contribution in [0.2, 0.25) is 0 Å². The number of aliphatic hydroxyl groups excluding tert-OH is 13. The van der Waals surface area contributed by atoms with Crippen molar-refractivity contribution in [2.75, 3.05) is 19.8 Å². The predicted molar refractivity (Wildman–Crippen MR) is 235 cm³/mol. The lowest BCUT2D eigenvalue weighted by atomic mass is 9.34. The van der Waals surface area contributed by atoms with Gasteiger partial charge in [0.1, 0.15) is 73.2 Å². The van der Waals surface area contributed by atoms with Crippen LogP contribution in [-0.4, -0.2) is 202 Å². The monoisotopic (exact) mass is 963 g/mol. The Morgan fingerprint density at radius 1 is 0.657 bits per heavy atom. The third kappa shape index (κ3) is 9.13. The van der Waals surface area contributed by atoms with Gasteiger partial charge >= 0.3 is 0 Å². The molecule has 0 aromatic carbocycles. The molecule has 26 atom stereocenters. The van der Waals surface area contributed by atoms with E-state index in [4.69, 9.17) is 28.4 Å². The van der Waals surface area contributed by atoms with E-state index in [0.29, 0.717) is 51.4 Å². The van der Waals surface area contributed by atoms with Crippen LogP contribution in [0.4, 0.5) is 0 Å². The first-order valence-corrected chi connectivity index (χ1v) is 24.5. The highest BCUT2D eigenvalue weighted by atomic mass is 16.7. The maximum absolute atomic E-state index is 12.7. The summed E-state index contributed by atoms with van der Waals surface area (Å²) in [5, 5.41) is 142. The maximum Gasteiger partial charge on any atom is 0.187 e. The topological polar surface area (TPSA) is 318 Å². The van der Waals surface area contributed by atoms with E-state index in [1.807, 2.05) is 34.6 Å². The minimum Gasteiger partial charge on any atom is -0.394 e. The Labute approximate surface area is 393 Å². The van der Waals surface area contributed by atoms with Crippen molar-refractivity contribution >= 4 is 0 Å². The van der Waals surface area contributed by atoms with Crippen molar-refractivity contribution in [1.29, 1.82) is 0 Å². The minimum atomic E-state index is -1.78. The lowest BCUT2D eigenvalue weighted by molar-refractivity contribution is -0.357. The van der Waals surface area contributed by atoms with E-state index in [9.17, 15) is 66.4 Å². The smallest absolute Gasteiger partial charge is 0.187 e. The zero-order valence-corrected chi connectivity index (χ0v) is 40.3. The molecular formula is C48H82O19. The second-order valence-electron chi connectivity index (χ2n) is 23.1. The Morgan fingerprint density at radius 3 is 1.78 bits per heavy atom. The highest BCUT2D eigenvalue weighted by Gasteiger charge is 2.74. The van der Waals surface area contributed by atoms with Crippen LogP contribution in [0.3, 0.4) is 0 Å². The fraction of sp³-hybridized carbons (Fsp3) is 0.958. The molecule has 13 N–H and O–H groups in total. The van der Waals surface area contributed by atoms with E-state index in [1.54, 1.807) is 0 Å². The molecule has 7 fully saturated rings. The van der Waals surface area contributed by atoms with E-state index in [-0.39, 0.29) is 23.7 Å². The van der Waals surface area contributed by atoms with E-state index in [2.05, 4.69) is 26.8 Å². The molecule has 67 heavy (non-hydrogen) atoms. The quantitative estimate of drug-likeness (QED) is 0.0773. The summed E-state index contributed by atoms with van der Waals surface area (Å²) in [6.45, 7) is 14.7. The van der Waals surface area contributed by atoms with Crippen molar-refractivity contribution in [2.24, 2.45) is 45.3 Å². The molecule has 0 radical (unpaired) electrons. The van der Waals surface area contributed by atoms with E-state index >= 15 is 0 Å². The lowest BCUT2D eigenvalue weighted by Crippen LogP contribution is -2.71. The summed E-state index contributed by atoms with van der Waals surface area (Å²) in [4.78, 5) is 0. The minimum absolute atomic E-state index is 0.0841. The van der Waals surface area contributed by atoms with Crippen LogP contribution >= 0.6 is 0 Å². The Morgan fingerprint density at radius 2 is 1.19 bits per heavy atom. The molecule has 7 aliphatic rings. The predicted octanol–water partition coefficient (Wildman–Crippen LogP) is -1.06. The molecule has 3 saturated heterocycles. The summed E-state index contributed by atoms with van der Waals surface area (Å²) >= 11 is 0. The molecule has 19 heteroatoms. The first-order chi connectivity index (χ1) is 31.2. The average molecular weight is 963 g/mol. The molecule has 0 spiro atoms. The van der Waals surface area contributed by atoms with Gasteiger partial charge in [-0.3, -0.25) is 0 Å². The van der Waals surface area contributed by atoms with Gasteiger partial charge < -0.3 is 94.8 Å². The molecule has 19 nitrogen and oxygen atoms in total. The van der Waals surface area contributed by atoms with Gasteiger partial charge in [-0.25, -0.2) is 0 Å². The van der Waals surface area contributed by atoms with Gasteiger partial charge in [0.05, 0.1) is 43.7 Å². The van der Waals surface area contributed by atoms with Crippen molar-refractivity contribution in [3.8, 4) is 0 Å². The van der Waals surface area contributed by atoms with Crippen LogP contribution < -0.4 is 0 Å². The molecule has 3 aliphatic heterocycles. The van der Waals surface area contributed by atoms with Crippen molar-refractivity contribution in [1.82, 2.24) is 0 Å². The molecule has 388 valence electrons. The number of hydrogen-bond acceptors (Lipinski definition) is 19. The Bertz CT molecular complexity index is 1710. The molecular weight excluding hydrogens is 881 g/mol. The Kier molecular flexibility index (Phi) is 15.9. The van der Waals surface area contributed by atoms with Gasteiger partial charge in [-0.2, -0.15) is 0 Å². The van der Waals surface area contributed by atoms with Gasteiger partial charge in [-0.1, -0.05) is 46.3 Å². The number of rotatable bonds is 13. The van der Waals surface area contributed by atoms with Crippen molar-refractivity contribution in [3.05, 3.63) is 11.6 Å². The van der Waals surface area contributed by atoms with Crippen LogP contribution in [0, 0.1) is 45.3 Å². The molecule has 0 unspecified atom stereocenters. The number of ether oxygens (including phenoxy) is 6. The Hall–Kier alpha value is -1.02. The lowest BCUT2D eigenvalue weighted by Gasteiger charge is -2.72. The summed E-state index contributed by atoms with van der Waals surface area (Å²) in [7, 11) is 0. The molecule has 7 rings (SSSR count). The van der Waals surface area contributed by atoms with Crippen LogP contribution in [0.5, 0.6) is 0 Å². The van der Waals surface area contributed by atoms with Gasteiger partial charge in [-0.05, 0) is 117 Å². The van der Waals surface area contributed by atoms with Crippen molar-refractivity contribution in [3.63, 3.8) is 0 Å². The zero-order chi connectivity index (χ0) is 49.5. The third-order valence-electron chi connectivity index (χ3n) is 18.7. The largest absolute Gasteiger partial charge is 0.394 e. The fourth-order valence-electron chi connectivity index (χ4n) is 14.8. The zero-order valence-electron chi connectivity index (χ0n) is 40.3. The summed E-state index contributed by atoms with van der Waals surface area (Å²) in [6.07, 6.45) is -19.3. The van der Waals surface area contributed by atoms with Gasteiger partial charge in [-0.15, -0.1) is 0 Å². The number of fused-ring (bicyclic) bond motifs is 5. The van der Waals surface area contributed by atoms with E-state index < -0.39 is 158 Å². The van der Waals surface area contributed by atoms with Crippen LogP contribution in [0.1, 0.15) is 107 Å². The first kappa shape index (κ1) is 53.8. The standard InChI is InChI=1S/C48H82O19/c1-21(2)10-9-13-48(8,67-43-39(61)35(57)32(54)26(19-50)65-43)22-11-15-46(6)30(22)23(51)16-28-45(5)14-12-29(52)44(3,4)40(45)24(17-47(28,46)7)63-42-38(60)36(58)33(55)27(66-42)20-62-41-37(59)34(56)31(53)25(18-49)64-41/h10,22-43,49-61H,9,11-20H2,1-8H3/t22-,23+,24-,25+,26+,27+,28+,29-,30-,31+,32+,33+,34-,35-,36-,37+,38+,39+,40-,41+,42-,43-,45+,46+,47+,48-/m0/s1. The fourth-order valence-corrected chi connectivity index (χ4v) is 14.8. The molecule has 0 aromatic heterocycles. The average Bonchev–Trinajstić information content (AvgIpc) is 3.66. The van der Waals surface area contributed by atoms with E-state index in [0.717, 1.165) is 5.57 Å². The highest BCUT2D eigenvalue weighted by Crippen LogP contribution is 2.76. The van der Waals surface area contributed by atoms with Crippen molar-refractivity contribution in [2.45, 2.75) is 223 Å². The maximum atomic E-state index is 12.7. The van der Waals surface area contributed by atoms with Crippen LogP contribution in [-0.2, 0) is 28.4 Å². The molecule has 4 aliphatic carbocycles.